The fourth-order valence-electron chi connectivity index (χ4n) is 3.50. The lowest BCUT2D eigenvalue weighted by Crippen LogP contribution is -2.58. The number of anilines is 1. The summed E-state index contributed by atoms with van der Waals surface area (Å²) in [6.07, 6.45) is 0.648. The molecule has 2 N–H and O–H groups in total. The lowest BCUT2D eigenvalue weighted by Gasteiger charge is -2.36. The largest absolute Gasteiger partial charge is 0.458 e. The second-order valence-electron chi connectivity index (χ2n) is 10.1. The molecular weight excluding hydrogens is 430 g/mol. The molecule has 7 nitrogen and oxygen atoms in total. The Balaban J connectivity index is 2.24. The second-order valence-corrected chi connectivity index (χ2v) is 10.1. The number of nitrogens with one attached hydrogen (secondary N) is 1. The van der Waals surface area contributed by atoms with Crippen LogP contribution >= 0.6 is 0 Å². The van der Waals surface area contributed by atoms with Crippen molar-refractivity contribution in [3.8, 4) is 0 Å². The number of carbonyl (C=O) groups excluding carboxylic acids is 2. The maximum atomic E-state index is 13.1. The number of esters is 1. The Morgan fingerprint density at radius 1 is 1.00 bits per heavy atom. The zero-order valence-electron chi connectivity index (χ0n) is 21.2. The van der Waals surface area contributed by atoms with Crippen LogP contribution in [0.1, 0.15) is 46.6 Å². The highest BCUT2D eigenvalue weighted by Gasteiger charge is 2.41. The molecule has 0 spiro atoms. The Labute approximate surface area is 203 Å². The van der Waals surface area contributed by atoms with E-state index >= 15 is 0 Å². The van der Waals surface area contributed by atoms with E-state index in [-0.39, 0.29) is 24.9 Å². The summed E-state index contributed by atoms with van der Waals surface area (Å²) >= 11 is 0. The summed E-state index contributed by atoms with van der Waals surface area (Å²) in [5.74, 6) is -0.519. The van der Waals surface area contributed by atoms with Gasteiger partial charge in [-0.05, 0) is 57.2 Å². The maximum absolute atomic E-state index is 13.1. The van der Waals surface area contributed by atoms with Crippen LogP contribution in [0.25, 0.3) is 0 Å². The molecule has 0 aromatic heterocycles. The average Bonchev–Trinajstić information content (AvgIpc) is 2.77. The zero-order chi connectivity index (χ0) is 25.4. The van der Waals surface area contributed by atoms with Crippen molar-refractivity contribution < 1.29 is 19.4 Å². The van der Waals surface area contributed by atoms with Crippen molar-refractivity contribution in [3.63, 3.8) is 0 Å². The van der Waals surface area contributed by atoms with E-state index in [4.69, 9.17) is 4.74 Å². The molecule has 2 amide bonds. The summed E-state index contributed by atoms with van der Waals surface area (Å²) < 4.78 is 5.58. The Hall–Kier alpha value is -2.90. The van der Waals surface area contributed by atoms with Crippen molar-refractivity contribution in [2.45, 2.75) is 58.7 Å². The molecular formula is C27H39N3O4. The van der Waals surface area contributed by atoms with Gasteiger partial charge < -0.3 is 9.84 Å². The number of rotatable bonds is 10. The number of aryl methyl sites for hydroxylation is 1. The number of ether oxygens (including phenoxy) is 1. The van der Waals surface area contributed by atoms with Gasteiger partial charge in [0.05, 0.1) is 6.54 Å². The number of para-hydroxylation sites is 1. The summed E-state index contributed by atoms with van der Waals surface area (Å²) in [6.45, 7) is 9.68. The molecule has 2 rings (SSSR count). The first-order valence-corrected chi connectivity index (χ1v) is 11.7. The highest BCUT2D eigenvalue weighted by atomic mass is 16.6. The molecule has 186 valence electrons. The van der Waals surface area contributed by atoms with Gasteiger partial charge in [0, 0.05) is 19.3 Å². The molecule has 0 radical (unpaired) electrons. The minimum absolute atomic E-state index is 0.0959. The standard InChI is InChI=1S/C27H39N3O4/c1-21(2)19-30(28-25(32)29(6)23-15-11-8-12-16-23)20-27(33,24(31)34-26(3,4)5)18-17-22-13-9-7-10-14-22/h7-16,21,33H,17-20H2,1-6H3,(H,28,32)/t27-/m1/s1. The van der Waals surface area contributed by atoms with E-state index in [1.807, 2.05) is 74.5 Å². The predicted octanol–water partition coefficient (Wildman–Crippen LogP) is 4.41. The third-order valence-electron chi connectivity index (χ3n) is 5.19. The summed E-state index contributed by atoms with van der Waals surface area (Å²) in [5.41, 5.74) is 2.05. The zero-order valence-corrected chi connectivity index (χ0v) is 21.2. The maximum Gasteiger partial charge on any atom is 0.340 e. The van der Waals surface area contributed by atoms with Crippen molar-refractivity contribution in [2.24, 2.45) is 5.92 Å². The van der Waals surface area contributed by atoms with Gasteiger partial charge in [-0.2, -0.15) is 0 Å². The monoisotopic (exact) mass is 469 g/mol. The highest BCUT2D eigenvalue weighted by Crippen LogP contribution is 2.22. The number of nitrogens with zero attached hydrogens (tertiary/aromatic N) is 2. The SMILES string of the molecule is CC(C)CN(C[C@](O)(CCc1ccccc1)C(=O)OC(C)(C)C)NC(=O)N(C)c1ccccc1. The van der Waals surface area contributed by atoms with Gasteiger partial charge in [-0.3, -0.25) is 10.3 Å². The summed E-state index contributed by atoms with van der Waals surface area (Å²) in [6, 6.07) is 18.6. The quantitative estimate of drug-likeness (QED) is 0.398. The predicted molar refractivity (Wildman–Crippen MR) is 135 cm³/mol. The van der Waals surface area contributed by atoms with Gasteiger partial charge in [-0.15, -0.1) is 0 Å². The van der Waals surface area contributed by atoms with Crippen molar-refractivity contribution in [3.05, 3.63) is 66.2 Å². The molecule has 0 aliphatic heterocycles. The minimum Gasteiger partial charge on any atom is -0.458 e. The van der Waals surface area contributed by atoms with Gasteiger partial charge in [0.2, 0.25) is 0 Å². The van der Waals surface area contributed by atoms with Crippen LogP contribution in [0.2, 0.25) is 0 Å². The van der Waals surface area contributed by atoms with E-state index < -0.39 is 17.2 Å². The van der Waals surface area contributed by atoms with Gasteiger partial charge in [0.15, 0.2) is 5.60 Å². The number of aliphatic hydroxyl groups is 1. The number of carbonyl (C=O) groups is 2. The third kappa shape index (κ3) is 8.80. The normalized spacial score (nSPS) is 13.4. The Morgan fingerprint density at radius 2 is 1.56 bits per heavy atom. The molecule has 0 saturated heterocycles. The minimum atomic E-state index is -1.81. The first kappa shape index (κ1) is 27.3. The topological polar surface area (TPSA) is 82.1 Å². The van der Waals surface area contributed by atoms with Crippen molar-refractivity contribution in [2.75, 3.05) is 25.0 Å². The van der Waals surface area contributed by atoms with E-state index in [0.717, 1.165) is 11.3 Å². The average molecular weight is 470 g/mol. The molecule has 0 aliphatic carbocycles. The smallest absolute Gasteiger partial charge is 0.340 e. The molecule has 0 heterocycles. The van der Waals surface area contributed by atoms with E-state index in [0.29, 0.717) is 13.0 Å². The Morgan fingerprint density at radius 3 is 2.09 bits per heavy atom. The van der Waals surface area contributed by atoms with Crippen LogP contribution in [0.5, 0.6) is 0 Å². The lowest BCUT2D eigenvalue weighted by molar-refractivity contribution is -0.180. The van der Waals surface area contributed by atoms with Crippen LogP contribution in [0, 0.1) is 5.92 Å². The molecule has 2 aromatic carbocycles. The van der Waals surface area contributed by atoms with E-state index in [9.17, 15) is 14.7 Å². The van der Waals surface area contributed by atoms with Crippen LogP contribution in [-0.4, -0.2) is 53.5 Å². The van der Waals surface area contributed by atoms with Gasteiger partial charge in [-0.1, -0.05) is 62.4 Å². The molecule has 0 bridgehead atoms. The Kier molecular flexibility index (Phi) is 9.65. The van der Waals surface area contributed by atoms with Crippen LogP contribution < -0.4 is 10.3 Å². The van der Waals surface area contributed by atoms with Gasteiger partial charge in [-0.25, -0.2) is 14.6 Å². The molecule has 0 aliphatic rings. The summed E-state index contributed by atoms with van der Waals surface area (Å²) in [7, 11) is 1.67. The molecule has 2 aromatic rings. The number of hydrogen-bond acceptors (Lipinski definition) is 5. The summed E-state index contributed by atoms with van der Waals surface area (Å²) in [5, 5.41) is 13.2. The Bertz CT molecular complexity index is 912. The van der Waals surface area contributed by atoms with E-state index in [2.05, 4.69) is 5.43 Å². The fraction of sp³-hybridized carbons (Fsp3) is 0.481. The first-order valence-electron chi connectivity index (χ1n) is 11.7. The molecule has 0 fully saturated rings. The lowest BCUT2D eigenvalue weighted by atomic mass is 9.93. The molecule has 1 atom stereocenters. The van der Waals surface area contributed by atoms with Crippen molar-refractivity contribution in [1.29, 1.82) is 0 Å². The highest BCUT2D eigenvalue weighted by molar-refractivity contribution is 5.91. The fourth-order valence-corrected chi connectivity index (χ4v) is 3.50. The molecule has 0 saturated carbocycles. The van der Waals surface area contributed by atoms with Crippen LogP contribution in [0.4, 0.5) is 10.5 Å². The van der Waals surface area contributed by atoms with Crippen LogP contribution in [0.3, 0.4) is 0 Å². The number of hydrogen-bond donors (Lipinski definition) is 2. The van der Waals surface area contributed by atoms with E-state index in [1.165, 1.54) is 4.90 Å². The number of benzene rings is 2. The number of urea groups is 1. The molecule has 7 heteroatoms. The number of amides is 2. The molecule has 0 unspecified atom stereocenters. The van der Waals surface area contributed by atoms with Gasteiger partial charge in [0.25, 0.3) is 0 Å². The first-order chi connectivity index (χ1) is 15.9. The van der Waals surface area contributed by atoms with Crippen molar-refractivity contribution in [1.82, 2.24) is 10.4 Å². The number of hydrazine groups is 1. The van der Waals surface area contributed by atoms with Crippen molar-refractivity contribution >= 4 is 17.7 Å². The third-order valence-corrected chi connectivity index (χ3v) is 5.19. The van der Waals surface area contributed by atoms with Gasteiger partial charge in [0.1, 0.15) is 5.60 Å². The van der Waals surface area contributed by atoms with Crippen LogP contribution in [0.15, 0.2) is 60.7 Å². The summed E-state index contributed by atoms with van der Waals surface area (Å²) in [4.78, 5) is 27.6. The van der Waals surface area contributed by atoms with Crippen LogP contribution in [-0.2, 0) is 16.0 Å². The molecule has 34 heavy (non-hydrogen) atoms. The van der Waals surface area contributed by atoms with E-state index in [1.54, 1.807) is 32.8 Å². The second kappa shape index (κ2) is 12.0. The van der Waals surface area contributed by atoms with Gasteiger partial charge >= 0.3 is 12.0 Å².